The summed E-state index contributed by atoms with van der Waals surface area (Å²) < 4.78 is 10.7. The van der Waals surface area contributed by atoms with Crippen molar-refractivity contribution in [3.63, 3.8) is 0 Å². The van der Waals surface area contributed by atoms with Crippen molar-refractivity contribution >= 4 is 11.9 Å². The normalized spacial score (nSPS) is 12.7. The molecule has 136 valence electrons. The van der Waals surface area contributed by atoms with Crippen LogP contribution in [0.25, 0.3) is 0 Å². The Kier molecular flexibility index (Phi) is 6.34. The highest BCUT2D eigenvalue weighted by Gasteiger charge is 2.36. The molecule has 0 aliphatic carbocycles. The number of hydrogen-bond donors (Lipinski definition) is 0. The largest absolute Gasteiger partial charge is 0.451 e. The molecular weight excluding hydrogens is 328 g/mol. The minimum absolute atomic E-state index is 0.458. The number of carbonyl (C=O) groups excluding carboxylic acids is 2. The van der Waals surface area contributed by atoms with Gasteiger partial charge in [-0.05, 0) is 31.4 Å². The zero-order valence-corrected chi connectivity index (χ0v) is 15.5. The Balaban J connectivity index is 2.46. The number of ether oxygens (including phenoxy) is 2. The lowest BCUT2D eigenvalue weighted by atomic mass is 9.82. The van der Waals surface area contributed by atoms with Crippen molar-refractivity contribution in [1.29, 1.82) is 0 Å². The van der Waals surface area contributed by atoms with Crippen LogP contribution in [0, 0.1) is 6.92 Å². The third-order valence-electron chi connectivity index (χ3n) is 4.39. The van der Waals surface area contributed by atoms with Gasteiger partial charge in [0.25, 0.3) is 0 Å². The third-order valence-corrected chi connectivity index (χ3v) is 4.39. The molecule has 0 aromatic heterocycles. The summed E-state index contributed by atoms with van der Waals surface area (Å²) in [4.78, 5) is 23.6. The molecule has 1 atom stereocenters. The average molecular weight is 352 g/mol. The zero-order chi connectivity index (χ0) is 19.2. The van der Waals surface area contributed by atoms with Crippen LogP contribution in [-0.2, 0) is 31.1 Å². The van der Waals surface area contributed by atoms with E-state index in [-0.39, 0.29) is 0 Å². The Morgan fingerprint density at radius 1 is 1.08 bits per heavy atom. The molecule has 0 heterocycles. The molecule has 2 aromatic rings. The van der Waals surface area contributed by atoms with E-state index in [0.29, 0.717) is 0 Å². The number of hydrogen-bond acceptors (Lipinski definition) is 4. The molecule has 0 bridgehead atoms. The third kappa shape index (κ3) is 4.20. The maximum Gasteiger partial charge on any atom is 0.345 e. The first kappa shape index (κ1) is 19.4. The van der Waals surface area contributed by atoms with Crippen molar-refractivity contribution in [2.75, 3.05) is 6.61 Å². The molecule has 2 rings (SSSR count). The van der Waals surface area contributed by atoms with Crippen LogP contribution >= 0.6 is 0 Å². The molecule has 2 aromatic carbocycles. The lowest BCUT2D eigenvalue weighted by Gasteiger charge is -2.33. The molecule has 26 heavy (non-hydrogen) atoms. The Bertz CT molecular complexity index is 809. The highest BCUT2D eigenvalue weighted by atomic mass is 16.6. The van der Waals surface area contributed by atoms with Gasteiger partial charge in [0.2, 0.25) is 0 Å². The van der Waals surface area contributed by atoms with Gasteiger partial charge >= 0.3 is 11.9 Å². The molecule has 0 spiro atoms. The van der Waals surface area contributed by atoms with Crippen molar-refractivity contribution in [2.24, 2.45) is 0 Å². The van der Waals surface area contributed by atoms with E-state index in [9.17, 15) is 9.59 Å². The predicted octanol–water partition coefficient (Wildman–Crippen LogP) is 4.09. The molecule has 4 nitrogen and oxygen atoms in total. The second-order valence-electron chi connectivity index (χ2n) is 6.14. The molecule has 0 amide bonds. The van der Waals surface area contributed by atoms with E-state index in [1.54, 1.807) is 0 Å². The van der Waals surface area contributed by atoms with Gasteiger partial charge in [-0.25, -0.2) is 9.59 Å². The topological polar surface area (TPSA) is 52.6 Å². The molecule has 0 aliphatic heterocycles. The lowest BCUT2D eigenvalue weighted by Crippen LogP contribution is -2.34. The molecule has 4 heteroatoms. The summed E-state index contributed by atoms with van der Waals surface area (Å²) in [6, 6.07) is 15.7. The lowest BCUT2D eigenvalue weighted by molar-refractivity contribution is -0.165. The number of rotatable bonds is 7. The summed E-state index contributed by atoms with van der Waals surface area (Å²) in [6.07, 6.45) is 1.82. The van der Waals surface area contributed by atoms with Crippen LogP contribution in [0.4, 0.5) is 0 Å². The van der Waals surface area contributed by atoms with E-state index in [4.69, 9.17) is 9.47 Å². The Hall–Kier alpha value is -2.88. The fourth-order valence-corrected chi connectivity index (χ4v) is 3.10. The standard InChI is InChI=1S/C22H24O4/c1-5-17-12-8-10-14-19(17)22(4,18-13-9-7-11-16(18)3)26-21(24)15-25-20(23)6-2/h6-14H,2,5,15H2,1,3-4H3. The second-order valence-corrected chi connectivity index (χ2v) is 6.14. The number of benzene rings is 2. The number of carbonyl (C=O) groups is 2. The van der Waals surface area contributed by atoms with Crippen molar-refractivity contribution in [3.8, 4) is 0 Å². The van der Waals surface area contributed by atoms with E-state index in [1.807, 2.05) is 62.4 Å². The molecule has 0 radical (unpaired) electrons. The summed E-state index contributed by atoms with van der Waals surface area (Å²) in [5.41, 5.74) is 2.92. The molecule has 0 fully saturated rings. The summed E-state index contributed by atoms with van der Waals surface area (Å²) in [5, 5.41) is 0. The van der Waals surface area contributed by atoms with Crippen LogP contribution in [0.1, 0.15) is 36.1 Å². The van der Waals surface area contributed by atoms with Gasteiger partial charge in [-0.3, -0.25) is 0 Å². The second kappa shape index (κ2) is 8.48. The van der Waals surface area contributed by atoms with Gasteiger partial charge < -0.3 is 9.47 Å². The van der Waals surface area contributed by atoms with Gasteiger partial charge in [-0.15, -0.1) is 0 Å². The quantitative estimate of drug-likeness (QED) is 0.556. The molecular formula is C22H24O4. The van der Waals surface area contributed by atoms with E-state index in [2.05, 4.69) is 13.5 Å². The highest BCUT2D eigenvalue weighted by Crippen LogP contribution is 2.37. The molecule has 0 saturated heterocycles. The van der Waals surface area contributed by atoms with E-state index in [1.165, 1.54) is 0 Å². The van der Waals surface area contributed by atoms with Crippen LogP contribution in [-0.4, -0.2) is 18.5 Å². The first-order chi connectivity index (χ1) is 12.4. The van der Waals surface area contributed by atoms with E-state index in [0.717, 1.165) is 34.8 Å². The van der Waals surface area contributed by atoms with Crippen molar-refractivity contribution in [3.05, 3.63) is 83.4 Å². The van der Waals surface area contributed by atoms with Gasteiger partial charge in [0.1, 0.15) is 0 Å². The summed E-state index contributed by atoms with van der Waals surface area (Å²) in [7, 11) is 0. The van der Waals surface area contributed by atoms with Crippen LogP contribution in [0.5, 0.6) is 0 Å². The van der Waals surface area contributed by atoms with Gasteiger partial charge in [0.05, 0.1) is 0 Å². The SMILES string of the molecule is C=CC(=O)OCC(=O)OC(C)(c1ccccc1C)c1ccccc1CC. The van der Waals surface area contributed by atoms with Crippen molar-refractivity contribution in [1.82, 2.24) is 0 Å². The van der Waals surface area contributed by atoms with Crippen LogP contribution in [0.2, 0.25) is 0 Å². The highest BCUT2D eigenvalue weighted by molar-refractivity contribution is 5.83. The molecule has 0 N–H and O–H groups in total. The number of esters is 2. The van der Waals surface area contributed by atoms with Gasteiger partial charge in [0, 0.05) is 17.2 Å². The first-order valence-electron chi connectivity index (χ1n) is 8.58. The Morgan fingerprint density at radius 3 is 2.31 bits per heavy atom. The maximum absolute atomic E-state index is 12.4. The Morgan fingerprint density at radius 2 is 1.69 bits per heavy atom. The predicted molar refractivity (Wildman–Crippen MR) is 101 cm³/mol. The molecule has 0 saturated carbocycles. The average Bonchev–Trinajstić information content (AvgIpc) is 2.66. The monoisotopic (exact) mass is 352 g/mol. The summed E-state index contributed by atoms with van der Waals surface area (Å²) in [6.45, 7) is 8.77. The van der Waals surface area contributed by atoms with Gasteiger partial charge in [-0.2, -0.15) is 0 Å². The summed E-state index contributed by atoms with van der Waals surface area (Å²) >= 11 is 0. The van der Waals surface area contributed by atoms with Gasteiger partial charge in [0.15, 0.2) is 12.2 Å². The van der Waals surface area contributed by atoms with Crippen LogP contribution < -0.4 is 0 Å². The van der Waals surface area contributed by atoms with Crippen LogP contribution in [0.15, 0.2) is 61.2 Å². The molecule has 1 unspecified atom stereocenters. The number of aryl methyl sites for hydroxylation is 2. The smallest absolute Gasteiger partial charge is 0.345 e. The summed E-state index contributed by atoms with van der Waals surface area (Å²) in [5.74, 6) is -1.27. The fraction of sp³-hybridized carbons (Fsp3) is 0.273. The fourth-order valence-electron chi connectivity index (χ4n) is 3.10. The van der Waals surface area contributed by atoms with Crippen molar-refractivity contribution in [2.45, 2.75) is 32.8 Å². The minimum atomic E-state index is -0.990. The minimum Gasteiger partial charge on any atom is -0.451 e. The van der Waals surface area contributed by atoms with Gasteiger partial charge in [-0.1, -0.05) is 62.0 Å². The van der Waals surface area contributed by atoms with E-state index < -0.39 is 24.1 Å². The van der Waals surface area contributed by atoms with E-state index >= 15 is 0 Å². The maximum atomic E-state index is 12.4. The Labute approximate surface area is 154 Å². The van der Waals surface area contributed by atoms with Crippen LogP contribution in [0.3, 0.4) is 0 Å². The van der Waals surface area contributed by atoms with Crippen molar-refractivity contribution < 1.29 is 19.1 Å². The first-order valence-corrected chi connectivity index (χ1v) is 8.58. The molecule has 0 aliphatic rings. The zero-order valence-electron chi connectivity index (χ0n) is 15.5.